The molecule has 1 fully saturated rings. The molecule has 1 aliphatic heterocycles. The van der Waals surface area contributed by atoms with Gasteiger partial charge in [-0.15, -0.1) is 0 Å². The van der Waals surface area contributed by atoms with Crippen LogP contribution in [0, 0.1) is 5.41 Å². The maximum Gasteiger partial charge on any atom is 0.107 e. The van der Waals surface area contributed by atoms with Crippen LogP contribution in [0.1, 0.15) is 6.92 Å². The van der Waals surface area contributed by atoms with Crippen LogP contribution in [-0.2, 0) is 4.74 Å². The molecule has 1 N–H and O–H groups in total. The summed E-state index contributed by atoms with van der Waals surface area (Å²) in [5.41, 5.74) is 0.991. The normalized spacial score (nSPS) is 27.6. The van der Waals surface area contributed by atoms with Crippen molar-refractivity contribution in [1.29, 1.82) is 5.41 Å². The van der Waals surface area contributed by atoms with Gasteiger partial charge in [0.25, 0.3) is 0 Å². The lowest BCUT2D eigenvalue weighted by atomic mass is 10.2. The maximum absolute atomic E-state index is 6.86. The lowest BCUT2D eigenvalue weighted by Crippen LogP contribution is -1.91. The van der Waals surface area contributed by atoms with Crippen LogP contribution in [0.2, 0.25) is 0 Å². The van der Waals surface area contributed by atoms with E-state index in [4.69, 9.17) is 10.1 Å². The molecule has 1 saturated heterocycles. The molecule has 8 heavy (non-hydrogen) atoms. The van der Waals surface area contributed by atoms with Crippen LogP contribution >= 0.6 is 0 Å². The molecule has 1 rings (SSSR count). The molecular weight excluding hydrogens is 102 g/mol. The minimum Gasteiger partial charge on any atom is -0.368 e. The monoisotopic (exact) mass is 111 g/mol. The third-order valence-electron chi connectivity index (χ3n) is 1.21. The molecule has 2 heteroatoms. The molecule has 0 radical (unpaired) electrons. The summed E-state index contributed by atoms with van der Waals surface area (Å²) in [4.78, 5) is 0. The van der Waals surface area contributed by atoms with Gasteiger partial charge in [0.1, 0.15) is 6.10 Å². The van der Waals surface area contributed by atoms with Crippen molar-refractivity contribution in [2.75, 3.05) is 6.61 Å². The molecule has 1 unspecified atom stereocenters. The molecular formula is C6H9NO. The lowest BCUT2D eigenvalue weighted by molar-refractivity contribution is 0.436. The molecule has 1 atom stereocenters. The van der Waals surface area contributed by atoms with Crippen LogP contribution in [0.25, 0.3) is 0 Å². The van der Waals surface area contributed by atoms with E-state index in [0.717, 1.165) is 12.2 Å². The van der Waals surface area contributed by atoms with Crippen molar-refractivity contribution in [1.82, 2.24) is 0 Å². The molecule has 0 saturated carbocycles. The first-order valence-electron chi connectivity index (χ1n) is 2.66. The van der Waals surface area contributed by atoms with Gasteiger partial charge in [0.15, 0.2) is 0 Å². The second-order valence-corrected chi connectivity index (χ2v) is 1.75. The Hall–Kier alpha value is -0.630. The van der Waals surface area contributed by atoms with Crippen molar-refractivity contribution in [3.05, 3.63) is 11.6 Å². The maximum atomic E-state index is 6.86. The van der Waals surface area contributed by atoms with Gasteiger partial charge in [-0.2, -0.15) is 0 Å². The van der Waals surface area contributed by atoms with Gasteiger partial charge < -0.3 is 10.1 Å². The molecule has 2 nitrogen and oxygen atoms in total. The number of rotatable bonds is 2. The van der Waals surface area contributed by atoms with Crippen molar-refractivity contribution in [2.24, 2.45) is 0 Å². The quantitative estimate of drug-likeness (QED) is 0.418. The Labute approximate surface area is 48.7 Å². The zero-order valence-corrected chi connectivity index (χ0v) is 4.85. The smallest absolute Gasteiger partial charge is 0.107 e. The van der Waals surface area contributed by atoms with E-state index in [2.05, 4.69) is 0 Å². The highest BCUT2D eigenvalue weighted by Gasteiger charge is 2.24. The van der Waals surface area contributed by atoms with Gasteiger partial charge in [0, 0.05) is 6.21 Å². The van der Waals surface area contributed by atoms with Crippen molar-refractivity contribution in [2.45, 2.75) is 13.0 Å². The van der Waals surface area contributed by atoms with Gasteiger partial charge in [-0.1, -0.05) is 6.08 Å². The van der Waals surface area contributed by atoms with Gasteiger partial charge in [0.2, 0.25) is 0 Å². The zero-order chi connectivity index (χ0) is 5.98. The number of epoxide rings is 1. The predicted octanol–water partition coefficient (Wildman–Crippen LogP) is 0.981. The van der Waals surface area contributed by atoms with Gasteiger partial charge in [-0.3, -0.25) is 0 Å². The third kappa shape index (κ3) is 0.954. The van der Waals surface area contributed by atoms with E-state index in [0.29, 0.717) is 0 Å². The molecule has 1 heterocycles. The number of allylic oxidation sites excluding steroid dienone is 1. The van der Waals surface area contributed by atoms with Crippen LogP contribution in [0.3, 0.4) is 0 Å². The first-order valence-corrected chi connectivity index (χ1v) is 2.66. The van der Waals surface area contributed by atoms with E-state index in [-0.39, 0.29) is 6.10 Å². The molecule has 1 aliphatic rings. The number of hydrogen-bond acceptors (Lipinski definition) is 2. The summed E-state index contributed by atoms with van der Waals surface area (Å²) < 4.78 is 4.93. The Morgan fingerprint density at radius 3 is 2.62 bits per heavy atom. The Morgan fingerprint density at radius 2 is 2.50 bits per heavy atom. The summed E-state index contributed by atoms with van der Waals surface area (Å²) in [6.07, 6.45) is 3.50. The highest BCUT2D eigenvalue weighted by molar-refractivity contribution is 5.77. The van der Waals surface area contributed by atoms with Crippen molar-refractivity contribution >= 4 is 6.21 Å². The summed E-state index contributed by atoms with van der Waals surface area (Å²) in [6, 6.07) is 0. The SMILES string of the molecule is CC=C(C=N)C1CO1. The highest BCUT2D eigenvalue weighted by Crippen LogP contribution is 2.16. The summed E-state index contributed by atoms with van der Waals surface area (Å²) >= 11 is 0. The molecule has 0 aliphatic carbocycles. The fraction of sp³-hybridized carbons (Fsp3) is 0.500. The van der Waals surface area contributed by atoms with E-state index >= 15 is 0 Å². The Kier molecular flexibility index (Phi) is 1.44. The Morgan fingerprint density at radius 1 is 1.88 bits per heavy atom. The highest BCUT2D eigenvalue weighted by atomic mass is 16.6. The Balaban J connectivity index is 2.49. The first-order chi connectivity index (χ1) is 3.88. The minimum atomic E-state index is 0.248. The van der Waals surface area contributed by atoms with Crippen LogP contribution in [0.4, 0.5) is 0 Å². The van der Waals surface area contributed by atoms with Crippen molar-refractivity contribution < 1.29 is 4.74 Å². The average Bonchev–Trinajstić information content (AvgIpc) is 2.53. The molecule has 0 aromatic rings. The van der Waals surface area contributed by atoms with Gasteiger partial charge in [-0.05, 0) is 12.5 Å². The summed E-state index contributed by atoms with van der Waals surface area (Å²) in [6.45, 7) is 2.72. The predicted molar refractivity (Wildman–Crippen MR) is 32.3 cm³/mol. The molecule has 0 amide bonds. The van der Waals surface area contributed by atoms with Crippen LogP contribution in [-0.4, -0.2) is 18.9 Å². The van der Waals surface area contributed by atoms with Crippen LogP contribution < -0.4 is 0 Å². The first kappa shape index (κ1) is 5.51. The topological polar surface area (TPSA) is 36.4 Å². The van der Waals surface area contributed by atoms with Crippen molar-refractivity contribution in [3.8, 4) is 0 Å². The number of ether oxygens (including phenoxy) is 1. The fourth-order valence-electron chi connectivity index (χ4n) is 0.603. The minimum absolute atomic E-state index is 0.248. The fourth-order valence-corrected chi connectivity index (χ4v) is 0.603. The average molecular weight is 111 g/mol. The standard InChI is InChI=1S/C6H9NO/c1-2-5(3-7)6-4-8-6/h2-3,6-7H,4H2,1H3. The van der Waals surface area contributed by atoms with Gasteiger partial charge >= 0.3 is 0 Å². The molecule has 0 spiro atoms. The van der Waals surface area contributed by atoms with E-state index in [1.807, 2.05) is 13.0 Å². The van der Waals surface area contributed by atoms with Crippen molar-refractivity contribution in [3.63, 3.8) is 0 Å². The summed E-state index contributed by atoms with van der Waals surface area (Å²) in [5, 5.41) is 6.86. The third-order valence-corrected chi connectivity index (χ3v) is 1.21. The Bertz CT molecular complexity index is 124. The summed E-state index contributed by atoms with van der Waals surface area (Å²) in [5.74, 6) is 0. The van der Waals surface area contributed by atoms with E-state index < -0.39 is 0 Å². The zero-order valence-electron chi connectivity index (χ0n) is 4.85. The van der Waals surface area contributed by atoms with E-state index in [1.165, 1.54) is 6.21 Å². The molecule has 0 bridgehead atoms. The lowest BCUT2D eigenvalue weighted by Gasteiger charge is -1.87. The van der Waals surface area contributed by atoms with Gasteiger partial charge in [0.05, 0.1) is 6.61 Å². The van der Waals surface area contributed by atoms with Crippen LogP contribution in [0.5, 0.6) is 0 Å². The molecule has 0 aromatic heterocycles. The second-order valence-electron chi connectivity index (χ2n) is 1.75. The van der Waals surface area contributed by atoms with Gasteiger partial charge in [-0.25, -0.2) is 0 Å². The van der Waals surface area contributed by atoms with Crippen LogP contribution in [0.15, 0.2) is 11.6 Å². The second kappa shape index (κ2) is 2.09. The number of hydrogen-bond donors (Lipinski definition) is 1. The molecule has 44 valence electrons. The largest absolute Gasteiger partial charge is 0.368 e. The number of nitrogens with one attached hydrogen (secondary N) is 1. The summed E-state index contributed by atoms with van der Waals surface area (Å²) in [7, 11) is 0. The molecule has 0 aromatic carbocycles. The van der Waals surface area contributed by atoms with E-state index in [1.54, 1.807) is 0 Å². The van der Waals surface area contributed by atoms with E-state index in [9.17, 15) is 0 Å².